The van der Waals surface area contributed by atoms with Crippen molar-refractivity contribution in [2.75, 3.05) is 6.61 Å². The monoisotopic (exact) mass is 381 g/mol. The first-order valence-corrected chi connectivity index (χ1v) is 8.65. The fraction of sp³-hybridized carbons (Fsp3) is 0.556. The Kier molecular flexibility index (Phi) is 5.66. The first kappa shape index (κ1) is 19.6. The number of esters is 1. The SMILES string of the molecule is CC(=O)N[C@H]1[C@@H](OC2=C[C@H]3OC(=O)C=C(C)[C@@H]3C=C2)O[C@@H](CO)[C@@H](O)[C@H]1O. The molecule has 0 unspecified atom stereocenters. The molecule has 27 heavy (non-hydrogen) atoms. The molecule has 4 N–H and O–H groups in total. The molecule has 0 spiro atoms. The standard InChI is InChI=1S/C18H23NO8/c1-8-5-14(22)26-12-6-10(3-4-11(8)12)25-18-15(19-9(2)21)17(24)16(23)13(7-20)27-18/h3-6,11-13,15-18,20,23-24H,7H2,1-2H3,(H,19,21)/t11-,12+,13-,15+,16+,17-,18-/m0/s1. The van der Waals surface area contributed by atoms with Crippen molar-refractivity contribution < 1.29 is 39.1 Å². The molecule has 148 valence electrons. The molecule has 2 heterocycles. The highest BCUT2D eigenvalue weighted by molar-refractivity contribution is 5.84. The van der Waals surface area contributed by atoms with Crippen LogP contribution in [0.15, 0.2) is 35.6 Å². The Labute approximate surface area is 155 Å². The molecular weight excluding hydrogens is 358 g/mol. The zero-order valence-electron chi connectivity index (χ0n) is 14.9. The minimum atomic E-state index is -1.40. The van der Waals surface area contributed by atoms with Gasteiger partial charge in [-0.1, -0.05) is 11.6 Å². The molecule has 1 aliphatic carbocycles. The van der Waals surface area contributed by atoms with Gasteiger partial charge in [0.25, 0.3) is 0 Å². The smallest absolute Gasteiger partial charge is 0.331 e. The van der Waals surface area contributed by atoms with E-state index in [4.69, 9.17) is 14.2 Å². The van der Waals surface area contributed by atoms with Gasteiger partial charge in [-0.2, -0.15) is 0 Å². The second-order valence-electron chi connectivity index (χ2n) is 6.79. The number of aliphatic hydroxyl groups is 3. The molecule has 0 radical (unpaired) electrons. The number of hydrogen-bond acceptors (Lipinski definition) is 8. The highest BCUT2D eigenvalue weighted by Crippen LogP contribution is 2.32. The molecule has 2 aliphatic heterocycles. The molecule has 9 heteroatoms. The third-order valence-electron chi connectivity index (χ3n) is 4.78. The van der Waals surface area contributed by atoms with E-state index in [0.717, 1.165) is 5.57 Å². The van der Waals surface area contributed by atoms with Gasteiger partial charge < -0.3 is 34.8 Å². The summed E-state index contributed by atoms with van der Waals surface area (Å²) in [5, 5.41) is 32.2. The van der Waals surface area contributed by atoms with Gasteiger partial charge in [0.15, 0.2) is 0 Å². The number of carbonyl (C=O) groups is 2. The van der Waals surface area contributed by atoms with Crippen LogP contribution in [0, 0.1) is 5.92 Å². The summed E-state index contributed by atoms with van der Waals surface area (Å²) in [4.78, 5) is 23.1. The first-order chi connectivity index (χ1) is 12.8. The van der Waals surface area contributed by atoms with Gasteiger partial charge in [-0.05, 0) is 19.1 Å². The Hall–Kier alpha value is -2.20. The normalized spacial score (nSPS) is 38.3. The van der Waals surface area contributed by atoms with E-state index in [2.05, 4.69) is 5.32 Å². The summed E-state index contributed by atoms with van der Waals surface area (Å²) < 4.78 is 16.6. The Balaban J connectivity index is 1.78. The van der Waals surface area contributed by atoms with Gasteiger partial charge in [-0.15, -0.1) is 0 Å². The fourth-order valence-corrected chi connectivity index (χ4v) is 3.38. The highest BCUT2D eigenvalue weighted by Gasteiger charge is 2.46. The van der Waals surface area contributed by atoms with E-state index in [9.17, 15) is 24.9 Å². The van der Waals surface area contributed by atoms with Crippen LogP contribution in [0.4, 0.5) is 0 Å². The predicted octanol–water partition coefficient (Wildman–Crippen LogP) is -1.11. The number of nitrogens with one attached hydrogen (secondary N) is 1. The van der Waals surface area contributed by atoms with E-state index < -0.39 is 55.2 Å². The molecule has 0 aromatic heterocycles. The number of carbonyl (C=O) groups excluding carboxylic acids is 2. The Morgan fingerprint density at radius 1 is 1.33 bits per heavy atom. The quantitative estimate of drug-likeness (QED) is 0.450. The molecule has 1 amide bonds. The molecule has 0 bridgehead atoms. The van der Waals surface area contributed by atoms with Crippen molar-refractivity contribution in [2.45, 2.75) is 50.6 Å². The van der Waals surface area contributed by atoms with E-state index in [1.165, 1.54) is 13.0 Å². The van der Waals surface area contributed by atoms with E-state index in [1.807, 2.05) is 13.0 Å². The average Bonchev–Trinajstić information content (AvgIpc) is 2.60. The molecule has 7 atom stereocenters. The van der Waals surface area contributed by atoms with Gasteiger partial charge >= 0.3 is 5.97 Å². The van der Waals surface area contributed by atoms with E-state index in [-0.39, 0.29) is 5.92 Å². The topological polar surface area (TPSA) is 135 Å². The van der Waals surface area contributed by atoms with Crippen LogP contribution >= 0.6 is 0 Å². The highest BCUT2D eigenvalue weighted by atomic mass is 16.7. The zero-order valence-corrected chi connectivity index (χ0v) is 14.9. The van der Waals surface area contributed by atoms with Crippen molar-refractivity contribution in [1.82, 2.24) is 5.32 Å². The number of amides is 1. The molecule has 0 aromatic carbocycles. The van der Waals surface area contributed by atoms with Crippen LogP contribution in [0.2, 0.25) is 0 Å². The van der Waals surface area contributed by atoms with Gasteiger partial charge in [0, 0.05) is 18.9 Å². The van der Waals surface area contributed by atoms with E-state index >= 15 is 0 Å². The summed E-state index contributed by atoms with van der Waals surface area (Å²) in [6.45, 7) is 2.56. The van der Waals surface area contributed by atoms with Crippen molar-refractivity contribution in [1.29, 1.82) is 0 Å². The first-order valence-electron chi connectivity index (χ1n) is 8.65. The lowest BCUT2D eigenvalue weighted by atomic mass is 9.88. The van der Waals surface area contributed by atoms with Gasteiger partial charge in [0.1, 0.15) is 36.2 Å². The molecule has 3 aliphatic rings. The van der Waals surface area contributed by atoms with Crippen molar-refractivity contribution >= 4 is 11.9 Å². The average molecular weight is 381 g/mol. The summed E-state index contributed by atoms with van der Waals surface area (Å²) in [7, 11) is 0. The van der Waals surface area contributed by atoms with Crippen molar-refractivity contribution in [2.24, 2.45) is 5.92 Å². The minimum Gasteiger partial charge on any atom is -0.463 e. The van der Waals surface area contributed by atoms with Gasteiger partial charge in [0.05, 0.1) is 6.61 Å². The maximum atomic E-state index is 11.6. The maximum Gasteiger partial charge on any atom is 0.331 e. The molecule has 0 saturated carbocycles. The van der Waals surface area contributed by atoms with E-state index in [0.29, 0.717) is 5.76 Å². The van der Waals surface area contributed by atoms with Crippen LogP contribution in [0.25, 0.3) is 0 Å². The van der Waals surface area contributed by atoms with Crippen LogP contribution < -0.4 is 5.32 Å². The second-order valence-corrected chi connectivity index (χ2v) is 6.79. The lowest BCUT2D eigenvalue weighted by Gasteiger charge is -2.42. The minimum absolute atomic E-state index is 0.0916. The molecular formula is C18H23NO8. The third-order valence-corrected chi connectivity index (χ3v) is 4.78. The number of fused-ring (bicyclic) bond motifs is 1. The Morgan fingerprint density at radius 2 is 2.07 bits per heavy atom. The molecule has 1 fully saturated rings. The number of aliphatic hydroxyl groups excluding tert-OH is 3. The summed E-state index contributed by atoms with van der Waals surface area (Å²) in [5.41, 5.74) is 0.867. The Bertz CT molecular complexity index is 699. The van der Waals surface area contributed by atoms with Crippen LogP contribution in [-0.2, 0) is 23.8 Å². The van der Waals surface area contributed by atoms with Crippen molar-refractivity contribution in [3.05, 3.63) is 35.6 Å². The summed E-state index contributed by atoms with van der Waals surface area (Å²) in [6.07, 6.45) is 0.990. The van der Waals surface area contributed by atoms with Crippen molar-refractivity contribution in [3.63, 3.8) is 0 Å². The van der Waals surface area contributed by atoms with Gasteiger partial charge in [-0.3, -0.25) is 4.79 Å². The summed E-state index contributed by atoms with van der Waals surface area (Å²) in [6, 6.07) is -1.05. The Morgan fingerprint density at radius 3 is 2.74 bits per heavy atom. The molecule has 1 saturated heterocycles. The second kappa shape index (κ2) is 7.81. The predicted molar refractivity (Wildman–Crippen MR) is 90.8 cm³/mol. The lowest BCUT2D eigenvalue weighted by Crippen LogP contribution is -2.64. The van der Waals surface area contributed by atoms with E-state index in [1.54, 1.807) is 12.2 Å². The van der Waals surface area contributed by atoms with Crippen LogP contribution in [0.3, 0.4) is 0 Å². The van der Waals surface area contributed by atoms with Crippen molar-refractivity contribution in [3.8, 4) is 0 Å². The largest absolute Gasteiger partial charge is 0.463 e. The third kappa shape index (κ3) is 4.06. The fourth-order valence-electron chi connectivity index (χ4n) is 3.38. The number of hydrogen-bond donors (Lipinski definition) is 4. The lowest BCUT2D eigenvalue weighted by molar-refractivity contribution is -0.258. The number of ether oxygens (including phenoxy) is 3. The van der Waals surface area contributed by atoms with Gasteiger partial charge in [-0.25, -0.2) is 4.79 Å². The number of rotatable bonds is 4. The number of allylic oxidation sites excluding steroid dienone is 1. The van der Waals surface area contributed by atoms with Crippen LogP contribution in [0.5, 0.6) is 0 Å². The zero-order chi connectivity index (χ0) is 19.7. The maximum absolute atomic E-state index is 11.6. The summed E-state index contributed by atoms with van der Waals surface area (Å²) in [5.74, 6) is -0.657. The molecule has 3 rings (SSSR count). The molecule has 9 nitrogen and oxygen atoms in total. The summed E-state index contributed by atoms with van der Waals surface area (Å²) >= 11 is 0. The van der Waals surface area contributed by atoms with Crippen LogP contribution in [-0.4, -0.2) is 70.6 Å². The molecule has 0 aromatic rings. The van der Waals surface area contributed by atoms with Gasteiger partial charge in [0.2, 0.25) is 12.2 Å². The van der Waals surface area contributed by atoms with Crippen LogP contribution in [0.1, 0.15) is 13.8 Å².